The number of hydrogen-bond acceptors (Lipinski definition) is 9. The van der Waals surface area contributed by atoms with Crippen LogP contribution in [-0.2, 0) is 19.2 Å². The minimum Gasteiger partial charge on any atom is -0.543 e. The smallest absolute Gasteiger partial charge is 0.543 e. The molecule has 2 atom stereocenters. The molecule has 0 bridgehead atoms. The minimum atomic E-state index is -1.37. The topological polar surface area (TPSA) is 148 Å². The number of carboxylic acid groups (broad SMARTS) is 1. The number of likely N-dealkylation sites (tertiary alicyclic amines) is 1. The Labute approximate surface area is 221 Å². The molecule has 0 saturated carbocycles. The van der Waals surface area contributed by atoms with Crippen LogP contribution >= 0.6 is 23.1 Å². The van der Waals surface area contributed by atoms with Gasteiger partial charge >= 0.3 is 29.6 Å². The number of amides is 2. The molecule has 0 spiro atoms. The second-order valence-corrected chi connectivity index (χ2v) is 10.2. The number of carbonyl (C=O) groups is 3. The van der Waals surface area contributed by atoms with Gasteiger partial charge in [-0.2, -0.15) is 11.3 Å². The van der Waals surface area contributed by atoms with Crippen molar-refractivity contribution in [2.24, 2.45) is 5.16 Å². The van der Waals surface area contributed by atoms with Crippen LogP contribution in [0.1, 0.15) is 18.5 Å². The van der Waals surface area contributed by atoms with Gasteiger partial charge < -0.3 is 35.3 Å². The van der Waals surface area contributed by atoms with Gasteiger partial charge in [0.15, 0.2) is 5.71 Å². The standard InChI is InChI=1S/C19H24N6O5S2.Na/c1-25(5-3-4-6-25)7-10-8-31-17-13(16(27)24(17)14(10)18(28)29)22-15(26)12(23-30-2)11-9-32-19(20)21-11;/h9,13,17H,3-8H2,1-2H3,(H3-,20,21,22,26,28,29);/q;+1/p-1/b23-12+;/t13-,17-;/m1./s1. The number of oxime groups is 1. The monoisotopic (exact) mass is 502 g/mol. The summed E-state index contributed by atoms with van der Waals surface area (Å²) >= 11 is 2.45. The Morgan fingerprint density at radius 2 is 2.12 bits per heavy atom. The van der Waals surface area contributed by atoms with Crippen LogP contribution in [-0.4, -0.2) is 88.8 Å². The van der Waals surface area contributed by atoms with Gasteiger partial charge in [0, 0.05) is 29.9 Å². The zero-order chi connectivity index (χ0) is 23.0. The number of likely N-dealkylation sites (N-methyl/N-ethyl adjacent to an activating group) is 1. The molecule has 33 heavy (non-hydrogen) atoms. The fraction of sp³-hybridized carbons (Fsp3) is 0.526. The van der Waals surface area contributed by atoms with E-state index >= 15 is 0 Å². The molecule has 4 rings (SSSR count). The molecule has 4 heterocycles. The van der Waals surface area contributed by atoms with Gasteiger partial charge in [0.25, 0.3) is 11.8 Å². The molecular formula is C19H23N6NaO5S2. The third-order valence-electron chi connectivity index (χ3n) is 5.89. The number of thiazole rings is 1. The van der Waals surface area contributed by atoms with Gasteiger partial charge in [-0.1, -0.05) is 5.16 Å². The van der Waals surface area contributed by atoms with Gasteiger partial charge in [0.1, 0.15) is 25.1 Å². The van der Waals surface area contributed by atoms with Crippen LogP contribution in [0.5, 0.6) is 0 Å². The molecule has 0 aliphatic carbocycles. The number of rotatable bonds is 7. The minimum absolute atomic E-state index is 0. The third-order valence-corrected chi connectivity index (χ3v) is 7.89. The first kappa shape index (κ1) is 26.0. The normalized spacial score (nSPS) is 24.0. The molecule has 14 heteroatoms. The SMILES string of the molecule is CO/N=C(/C(=O)N[C@@H]1C(=O)N2C(C(=O)[O-])=C(C[N+]3(C)CCCC3)CS[C@H]12)c1csc([NH-])n1.[Na+]. The summed E-state index contributed by atoms with van der Waals surface area (Å²) in [6.07, 6.45) is 2.20. The second-order valence-electron chi connectivity index (χ2n) is 8.19. The molecule has 0 unspecified atom stereocenters. The number of aromatic nitrogens is 1. The fourth-order valence-electron chi connectivity index (χ4n) is 4.40. The first-order valence-electron chi connectivity index (χ1n) is 10.1. The van der Waals surface area contributed by atoms with Crippen molar-refractivity contribution >= 4 is 51.7 Å². The average molecular weight is 503 g/mol. The van der Waals surface area contributed by atoms with Crippen molar-refractivity contribution in [3.8, 4) is 0 Å². The third kappa shape index (κ3) is 5.08. The number of nitrogens with one attached hydrogen (secondary N) is 2. The van der Waals surface area contributed by atoms with E-state index in [1.165, 1.54) is 29.2 Å². The quantitative estimate of drug-likeness (QED) is 0.136. The molecule has 3 aliphatic heterocycles. The summed E-state index contributed by atoms with van der Waals surface area (Å²) in [5, 5.41) is 19.2. The van der Waals surface area contributed by atoms with E-state index in [-0.39, 0.29) is 51.8 Å². The van der Waals surface area contributed by atoms with Crippen LogP contribution in [0.3, 0.4) is 0 Å². The van der Waals surface area contributed by atoms with E-state index in [1.54, 1.807) is 0 Å². The molecule has 0 radical (unpaired) electrons. The number of hydrogen-bond donors (Lipinski definition) is 1. The maximum Gasteiger partial charge on any atom is 1.00 e. The molecule has 1 aromatic rings. The Bertz CT molecular complexity index is 1020. The number of nitrogens with zero attached hydrogens (tertiary/aromatic N) is 4. The first-order valence-corrected chi connectivity index (χ1v) is 12.0. The molecule has 172 valence electrons. The van der Waals surface area contributed by atoms with Crippen molar-refractivity contribution in [3.63, 3.8) is 0 Å². The van der Waals surface area contributed by atoms with Crippen LogP contribution in [0.4, 0.5) is 5.13 Å². The first-order chi connectivity index (χ1) is 15.2. The Balaban J connectivity index is 0.00000306. The van der Waals surface area contributed by atoms with E-state index in [1.807, 2.05) is 0 Å². The van der Waals surface area contributed by atoms with E-state index in [0.29, 0.717) is 17.9 Å². The van der Waals surface area contributed by atoms with Crippen LogP contribution in [0.2, 0.25) is 0 Å². The summed E-state index contributed by atoms with van der Waals surface area (Å²) in [4.78, 5) is 47.5. The predicted molar refractivity (Wildman–Crippen MR) is 117 cm³/mol. The molecule has 2 amide bonds. The van der Waals surface area contributed by atoms with Crippen molar-refractivity contribution in [2.75, 3.05) is 39.5 Å². The molecule has 3 aliphatic rings. The Hall–Kier alpha value is -1.64. The largest absolute Gasteiger partial charge is 1.00 e. The number of thioether (sulfide) groups is 1. The molecule has 0 aromatic carbocycles. The number of carboxylic acids is 1. The maximum absolute atomic E-state index is 12.9. The van der Waals surface area contributed by atoms with E-state index in [4.69, 9.17) is 10.6 Å². The molecule has 2 N–H and O–H groups in total. The Morgan fingerprint density at radius 1 is 1.42 bits per heavy atom. The number of carbonyl (C=O) groups excluding carboxylic acids is 3. The van der Waals surface area contributed by atoms with Crippen molar-refractivity contribution in [2.45, 2.75) is 24.3 Å². The molecule has 11 nitrogen and oxygen atoms in total. The van der Waals surface area contributed by atoms with E-state index in [9.17, 15) is 19.5 Å². The zero-order valence-corrected chi connectivity index (χ0v) is 22.3. The zero-order valence-electron chi connectivity index (χ0n) is 18.6. The van der Waals surface area contributed by atoms with E-state index in [0.717, 1.165) is 41.8 Å². The summed E-state index contributed by atoms with van der Waals surface area (Å²) in [6.45, 7) is 2.51. The van der Waals surface area contributed by atoms with Crippen LogP contribution in [0, 0.1) is 0 Å². The average Bonchev–Trinajstić information content (AvgIpc) is 3.37. The summed E-state index contributed by atoms with van der Waals surface area (Å²) < 4.78 is 0.752. The van der Waals surface area contributed by atoms with E-state index < -0.39 is 29.2 Å². The van der Waals surface area contributed by atoms with E-state index in [2.05, 4.69) is 22.5 Å². The molecular weight excluding hydrogens is 479 g/mol. The number of aliphatic carboxylic acids is 1. The number of β-lactam (4-membered cyclic amide) rings is 1. The molecule has 2 saturated heterocycles. The van der Waals surface area contributed by atoms with Crippen molar-refractivity contribution in [3.05, 3.63) is 28.1 Å². The second kappa shape index (κ2) is 10.3. The van der Waals surface area contributed by atoms with Gasteiger partial charge in [-0.3, -0.25) is 14.5 Å². The van der Waals surface area contributed by atoms with Crippen LogP contribution < -0.4 is 40.0 Å². The van der Waals surface area contributed by atoms with Gasteiger partial charge in [-0.25, -0.2) is 0 Å². The fourth-order valence-corrected chi connectivity index (χ4v) is 6.27. The number of fused-ring (bicyclic) bond motifs is 1. The van der Waals surface area contributed by atoms with Crippen molar-refractivity contribution in [1.29, 1.82) is 0 Å². The maximum atomic E-state index is 12.9. The Morgan fingerprint density at radius 3 is 2.70 bits per heavy atom. The molecule has 2 fully saturated rings. The summed E-state index contributed by atoms with van der Waals surface area (Å²) in [7, 11) is 3.37. The van der Waals surface area contributed by atoms with Crippen molar-refractivity contribution < 1.29 is 58.4 Å². The summed E-state index contributed by atoms with van der Waals surface area (Å²) in [6, 6.07) is -0.906. The summed E-state index contributed by atoms with van der Waals surface area (Å²) in [5.74, 6) is -2.12. The van der Waals surface area contributed by atoms with Gasteiger partial charge in [-0.15, -0.1) is 11.8 Å². The van der Waals surface area contributed by atoms with Crippen molar-refractivity contribution in [1.82, 2.24) is 15.2 Å². The number of quaternary nitrogens is 1. The van der Waals surface area contributed by atoms with Crippen LogP contribution in [0.15, 0.2) is 21.8 Å². The predicted octanol–water partition coefficient (Wildman–Crippen LogP) is -3.17. The van der Waals surface area contributed by atoms with Gasteiger partial charge in [0.2, 0.25) is 0 Å². The van der Waals surface area contributed by atoms with Crippen LogP contribution in [0.25, 0.3) is 5.73 Å². The molecule has 1 aromatic heterocycles. The Kier molecular flexibility index (Phi) is 8.12. The van der Waals surface area contributed by atoms with Gasteiger partial charge in [0.05, 0.1) is 31.8 Å². The van der Waals surface area contributed by atoms with Gasteiger partial charge in [-0.05, 0) is 10.5 Å². The summed E-state index contributed by atoms with van der Waals surface area (Å²) in [5.41, 5.74) is 8.18.